The van der Waals surface area contributed by atoms with Crippen LogP contribution in [0.3, 0.4) is 0 Å². The predicted octanol–water partition coefficient (Wildman–Crippen LogP) is 3.40. The SMILES string of the molecule is CCOc1ccc(C(=O)Oc2ccc(/C=N/NC(=O)C(=O)Nc3ccccc3)cc2OC)cc1. The molecule has 0 bridgehead atoms. The number of hydrogen-bond donors (Lipinski definition) is 2. The van der Waals surface area contributed by atoms with Gasteiger partial charge in [-0.1, -0.05) is 18.2 Å². The van der Waals surface area contributed by atoms with E-state index in [1.165, 1.54) is 19.4 Å². The van der Waals surface area contributed by atoms with E-state index in [9.17, 15) is 14.4 Å². The number of methoxy groups -OCH3 is 1. The number of esters is 1. The third-order valence-electron chi connectivity index (χ3n) is 4.41. The van der Waals surface area contributed by atoms with Crippen LogP contribution in [0.15, 0.2) is 77.9 Å². The molecule has 0 aliphatic rings. The summed E-state index contributed by atoms with van der Waals surface area (Å²) in [6.07, 6.45) is 1.33. The number of hydrogen-bond acceptors (Lipinski definition) is 7. The van der Waals surface area contributed by atoms with Crippen LogP contribution in [0.25, 0.3) is 0 Å². The summed E-state index contributed by atoms with van der Waals surface area (Å²) in [5.41, 5.74) is 3.54. The van der Waals surface area contributed by atoms with Crippen molar-refractivity contribution in [2.75, 3.05) is 19.0 Å². The maximum atomic E-state index is 12.4. The van der Waals surface area contributed by atoms with Crippen LogP contribution in [0.2, 0.25) is 0 Å². The molecule has 2 N–H and O–H groups in total. The molecule has 174 valence electrons. The van der Waals surface area contributed by atoms with Crippen molar-refractivity contribution in [3.05, 3.63) is 83.9 Å². The molecular weight excluding hydrogens is 438 g/mol. The first kappa shape index (κ1) is 24.0. The van der Waals surface area contributed by atoms with E-state index in [0.29, 0.717) is 29.2 Å². The second-order valence-corrected chi connectivity index (χ2v) is 6.78. The molecule has 0 spiro atoms. The molecule has 34 heavy (non-hydrogen) atoms. The normalized spacial score (nSPS) is 10.4. The standard InChI is InChI=1S/C25H23N3O6/c1-3-33-20-12-10-18(11-13-20)25(31)34-21-14-9-17(15-22(21)32-2)16-26-28-24(30)23(29)27-19-7-5-4-6-8-19/h4-16H,3H2,1-2H3,(H,27,29)(H,28,30)/b26-16+. The number of carbonyl (C=O) groups excluding carboxylic acids is 3. The van der Waals surface area contributed by atoms with Crippen molar-refractivity contribution in [3.8, 4) is 17.2 Å². The summed E-state index contributed by atoms with van der Waals surface area (Å²) >= 11 is 0. The van der Waals surface area contributed by atoms with Crippen molar-refractivity contribution >= 4 is 29.7 Å². The predicted molar refractivity (Wildman–Crippen MR) is 126 cm³/mol. The van der Waals surface area contributed by atoms with Crippen LogP contribution >= 0.6 is 0 Å². The first-order valence-electron chi connectivity index (χ1n) is 10.3. The van der Waals surface area contributed by atoms with Gasteiger partial charge >= 0.3 is 17.8 Å². The van der Waals surface area contributed by atoms with Gasteiger partial charge in [0.15, 0.2) is 11.5 Å². The van der Waals surface area contributed by atoms with Crippen LogP contribution in [0.1, 0.15) is 22.8 Å². The molecule has 3 aromatic rings. The lowest BCUT2D eigenvalue weighted by Gasteiger charge is -2.10. The Bertz CT molecular complexity index is 1180. The third-order valence-corrected chi connectivity index (χ3v) is 4.41. The lowest BCUT2D eigenvalue weighted by Crippen LogP contribution is -2.32. The largest absolute Gasteiger partial charge is 0.494 e. The van der Waals surface area contributed by atoms with Crippen LogP contribution in [-0.4, -0.2) is 37.7 Å². The zero-order valence-electron chi connectivity index (χ0n) is 18.6. The molecule has 0 radical (unpaired) electrons. The average molecular weight is 461 g/mol. The molecule has 0 atom stereocenters. The number of amides is 2. The summed E-state index contributed by atoms with van der Waals surface area (Å²) in [7, 11) is 1.43. The quantitative estimate of drug-likeness (QED) is 0.175. The Hall–Kier alpha value is -4.66. The maximum Gasteiger partial charge on any atom is 0.343 e. The number of rotatable bonds is 8. The van der Waals surface area contributed by atoms with Crippen molar-refractivity contribution in [2.24, 2.45) is 5.10 Å². The Morgan fingerprint density at radius 1 is 0.912 bits per heavy atom. The minimum Gasteiger partial charge on any atom is -0.494 e. The molecule has 0 saturated carbocycles. The summed E-state index contributed by atoms with van der Waals surface area (Å²) in [6, 6.07) is 19.9. The van der Waals surface area contributed by atoms with E-state index in [1.54, 1.807) is 66.7 Å². The first-order valence-corrected chi connectivity index (χ1v) is 10.3. The van der Waals surface area contributed by atoms with E-state index in [2.05, 4.69) is 15.8 Å². The molecule has 9 nitrogen and oxygen atoms in total. The molecule has 0 aliphatic carbocycles. The zero-order chi connectivity index (χ0) is 24.3. The lowest BCUT2D eigenvalue weighted by atomic mass is 10.2. The number of anilines is 1. The Morgan fingerprint density at radius 2 is 1.65 bits per heavy atom. The van der Waals surface area contributed by atoms with Gasteiger partial charge in [0, 0.05) is 5.69 Å². The van der Waals surface area contributed by atoms with E-state index in [1.807, 2.05) is 6.92 Å². The average Bonchev–Trinajstić information content (AvgIpc) is 2.86. The molecule has 0 unspecified atom stereocenters. The smallest absolute Gasteiger partial charge is 0.343 e. The highest BCUT2D eigenvalue weighted by Crippen LogP contribution is 2.28. The van der Waals surface area contributed by atoms with E-state index in [-0.39, 0.29) is 11.5 Å². The molecule has 0 aliphatic heterocycles. The van der Waals surface area contributed by atoms with Gasteiger partial charge in [-0.05, 0) is 67.1 Å². The van der Waals surface area contributed by atoms with Gasteiger partial charge in [0.1, 0.15) is 5.75 Å². The summed E-state index contributed by atoms with van der Waals surface area (Å²) in [6.45, 7) is 2.40. The van der Waals surface area contributed by atoms with Gasteiger partial charge in [-0.15, -0.1) is 0 Å². The zero-order valence-corrected chi connectivity index (χ0v) is 18.6. The van der Waals surface area contributed by atoms with Gasteiger partial charge in [0.05, 0.1) is 25.5 Å². The fourth-order valence-electron chi connectivity index (χ4n) is 2.79. The van der Waals surface area contributed by atoms with E-state index in [4.69, 9.17) is 14.2 Å². The Morgan fingerprint density at radius 3 is 2.32 bits per heavy atom. The van der Waals surface area contributed by atoms with Crippen molar-refractivity contribution in [1.82, 2.24) is 5.43 Å². The van der Waals surface area contributed by atoms with Crippen LogP contribution < -0.4 is 25.0 Å². The summed E-state index contributed by atoms with van der Waals surface area (Å²) < 4.78 is 16.1. The highest BCUT2D eigenvalue weighted by Gasteiger charge is 2.14. The molecule has 0 saturated heterocycles. The van der Waals surface area contributed by atoms with E-state index in [0.717, 1.165) is 0 Å². The minimum atomic E-state index is -0.923. The van der Waals surface area contributed by atoms with Crippen LogP contribution in [0, 0.1) is 0 Å². The number of hydrazone groups is 1. The number of nitrogens with one attached hydrogen (secondary N) is 2. The molecule has 0 aromatic heterocycles. The van der Waals surface area contributed by atoms with Crippen LogP contribution in [0.5, 0.6) is 17.2 Å². The summed E-state index contributed by atoms with van der Waals surface area (Å²) in [5.74, 6) is -1.17. The number of carbonyl (C=O) groups is 3. The fraction of sp³-hybridized carbons (Fsp3) is 0.120. The second kappa shape index (κ2) is 11.8. The van der Waals surface area contributed by atoms with Gasteiger partial charge < -0.3 is 19.5 Å². The number of nitrogens with zero attached hydrogens (tertiary/aromatic N) is 1. The topological polar surface area (TPSA) is 115 Å². The van der Waals surface area contributed by atoms with Crippen LogP contribution in [-0.2, 0) is 9.59 Å². The Labute approximate surface area is 196 Å². The monoisotopic (exact) mass is 461 g/mol. The van der Waals surface area contributed by atoms with E-state index < -0.39 is 17.8 Å². The van der Waals surface area contributed by atoms with Crippen molar-refractivity contribution < 1.29 is 28.6 Å². The van der Waals surface area contributed by atoms with Crippen LogP contribution in [0.4, 0.5) is 5.69 Å². The van der Waals surface area contributed by atoms with Gasteiger partial charge in [-0.2, -0.15) is 5.10 Å². The Kier molecular flexibility index (Phi) is 8.34. The van der Waals surface area contributed by atoms with Crippen molar-refractivity contribution in [2.45, 2.75) is 6.92 Å². The minimum absolute atomic E-state index is 0.213. The van der Waals surface area contributed by atoms with Crippen molar-refractivity contribution in [3.63, 3.8) is 0 Å². The second-order valence-electron chi connectivity index (χ2n) is 6.78. The van der Waals surface area contributed by atoms with Crippen molar-refractivity contribution in [1.29, 1.82) is 0 Å². The Balaban J connectivity index is 1.59. The van der Waals surface area contributed by atoms with Gasteiger partial charge in [-0.25, -0.2) is 10.2 Å². The molecule has 0 fully saturated rings. The first-order chi connectivity index (χ1) is 16.5. The maximum absolute atomic E-state index is 12.4. The molecule has 2 amide bonds. The highest BCUT2D eigenvalue weighted by atomic mass is 16.6. The number of benzene rings is 3. The van der Waals surface area contributed by atoms with Gasteiger partial charge in [0.25, 0.3) is 0 Å². The summed E-state index contributed by atoms with van der Waals surface area (Å²) in [5, 5.41) is 6.24. The molecule has 3 rings (SSSR count). The van der Waals surface area contributed by atoms with Gasteiger partial charge in [0.2, 0.25) is 0 Å². The number of para-hydroxylation sites is 1. The number of ether oxygens (including phenoxy) is 3. The van der Waals surface area contributed by atoms with E-state index >= 15 is 0 Å². The molecule has 3 aromatic carbocycles. The highest BCUT2D eigenvalue weighted by molar-refractivity contribution is 6.39. The lowest BCUT2D eigenvalue weighted by molar-refractivity contribution is -0.136. The molecular formula is C25H23N3O6. The third kappa shape index (κ3) is 6.67. The fourth-order valence-corrected chi connectivity index (χ4v) is 2.79. The molecule has 0 heterocycles. The summed E-state index contributed by atoms with van der Waals surface area (Å²) in [4.78, 5) is 36.2. The van der Waals surface area contributed by atoms with Gasteiger partial charge in [-0.3, -0.25) is 9.59 Å². The molecule has 9 heteroatoms.